The topological polar surface area (TPSA) is 66.6 Å². The lowest BCUT2D eigenvalue weighted by molar-refractivity contribution is -0.142. The molecule has 0 saturated carbocycles. The fraction of sp³-hybridized carbons (Fsp3) is 0.875. The van der Waals surface area contributed by atoms with E-state index in [9.17, 15) is 4.79 Å². The van der Waals surface area contributed by atoms with Gasteiger partial charge in [-0.25, -0.2) is 0 Å². The molecule has 1 fully saturated rings. The van der Waals surface area contributed by atoms with Crippen LogP contribution in [0.25, 0.3) is 0 Å². The Morgan fingerprint density at radius 3 is 2.85 bits per heavy atom. The Kier molecular flexibility index (Phi) is 4.02. The lowest BCUT2D eigenvalue weighted by Gasteiger charge is -2.37. The van der Waals surface area contributed by atoms with Gasteiger partial charge in [0.15, 0.2) is 0 Å². The largest absolute Gasteiger partial charge is 0.389 e. The zero-order valence-electron chi connectivity index (χ0n) is 7.77. The SMILES string of the molecule is CSCC[C@H](N)C(=O)N1CC(O)C1. The van der Waals surface area contributed by atoms with Crippen LogP contribution >= 0.6 is 11.8 Å². The zero-order valence-corrected chi connectivity index (χ0v) is 8.59. The van der Waals surface area contributed by atoms with Gasteiger partial charge in [0.25, 0.3) is 0 Å². The lowest BCUT2D eigenvalue weighted by atomic mass is 10.1. The summed E-state index contributed by atoms with van der Waals surface area (Å²) in [5.41, 5.74) is 5.67. The van der Waals surface area contributed by atoms with E-state index in [0.29, 0.717) is 19.5 Å². The molecule has 76 valence electrons. The Morgan fingerprint density at radius 2 is 2.38 bits per heavy atom. The van der Waals surface area contributed by atoms with Crippen molar-refractivity contribution in [3.05, 3.63) is 0 Å². The van der Waals surface area contributed by atoms with E-state index >= 15 is 0 Å². The molecule has 4 nitrogen and oxygen atoms in total. The van der Waals surface area contributed by atoms with Crippen molar-refractivity contribution < 1.29 is 9.90 Å². The number of β-amino-alcohol motifs (C(OH)–C–C–N with tert-alkyl or cyclic N) is 1. The molecule has 0 aliphatic carbocycles. The van der Waals surface area contributed by atoms with Crippen molar-refractivity contribution in [2.24, 2.45) is 5.73 Å². The van der Waals surface area contributed by atoms with Crippen LogP contribution in [0.2, 0.25) is 0 Å². The minimum absolute atomic E-state index is 0.0284. The van der Waals surface area contributed by atoms with Crippen LogP contribution in [0.1, 0.15) is 6.42 Å². The number of hydrogen-bond donors (Lipinski definition) is 2. The highest BCUT2D eigenvalue weighted by Gasteiger charge is 2.31. The van der Waals surface area contributed by atoms with Gasteiger partial charge in [-0.3, -0.25) is 4.79 Å². The third kappa shape index (κ3) is 2.86. The molecule has 0 aromatic heterocycles. The summed E-state index contributed by atoms with van der Waals surface area (Å²) in [4.78, 5) is 13.1. The molecule has 1 aliphatic heterocycles. The third-order valence-electron chi connectivity index (χ3n) is 2.12. The van der Waals surface area contributed by atoms with Crippen LogP contribution < -0.4 is 5.73 Å². The van der Waals surface area contributed by atoms with Crippen molar-refractivity contribution in [3.63, 3.8) is 0 Å². The van der Waals surface area contributed by atoms with E-state index in [1.807, 2.05) is 6.26 Å². The van der Waals surface area contributed by atoms with Crippen molar-refractivity contribution in [2.45, 2.75) is 18.6 Å². The average molecular weight is 204 g/mol. The molecule has 1 heterocycles. The number of aliphatic hydroxyl groups is 1. The molecule has 1 rings (SSSR count). The summed E-state index contributed by atoms with van der Waals surface area (Å²) >= 11 is 1.69. The molecule has 0 spiro atoms. The Morgan fingerprint density at radius 1 is 1.77 bits per heavy atom. The highest BCUT2D eigenvalue weighted by atomic mass is 32.2. The molecule has 3 N–H and O–H groups in total. The molecule has 13 heavy (non-hydrogen) atoms. The molecule has 0 radical (unpaired) electrons. The van der Waals surface area contributed by atoms with Crippen LogP contribution in [0.4, 0.5) is 0 Å². The molecule has 0 bridgehead atoms. The summed E-state index contributed by atoms with van der Waals surface area (Å²) in [7, 11) is 0. The minimum atomic E-state index is -0.389. The smallest absolute Gasteiger partial charge is 0.239 e. The molecular weight excluding hydrogens is 188 g/mol. The van der Waals surface area contributed by atoms with Gasteiger partial charge in [0.2, 0.25) is 5.91 Å². The lowest BCUT2D eigenvalue weighted by Crippen LogP contribution is -2.57. The Labute approximate surface area is 82.5 Å². The van der Waals surface area contributed by atoms with Crippen LogP contribution in [0.3, 0.4) is 0 Å². The summed E-state index contributed by atoms with van der Waals surface area (Å²) in [5, 5.41) is 8.99. The fourth-order valence-corrected chi connectivity index (χ4v) is 1.73. The van der Waals surface area contributed by atoms with Gasteiger partial charge < -0.3 is 15.7 Å². The summed E-state index contributed by atoms with van der Waals surface area (Å²) in [6.45, 7) is 0.900. The molecule has 0 aromatic carbocycles. The molecule has 1 atom stereocenters. The van der Waals surface area contributed by atoms with Gasteiger partial charge in [0, 0.05) is 13.1 Å². The maximum atomic E-state index is 11.5. The van der Waals surface area contributed by atoms with Crippen LogP contribution in [0, 0.1) is 0 Å². The van der Waals surface area contributed by atoms with E-state index < -0.39 is 0 Å². The average Bonchev–Trinajstić information content (AvgIpc) is 2.07. The van der Waals surface area contributed by atoms with Crippen LogP contribution in [-0.2, 0) is 4.79 Å². The van der Waals surface area contributed by atoms with Crippen LogP contribution in [0.15, 0.2) is 0 Å². The number of carbonyl (C=O) groups is 1. The Bertz CT molecular complexity index is 183. The Hall–Kier alpha value is -0.260. The van der Waals surface area contributed by atoms with Gasteiger partial charge in [-0.2, -0.15) is 11.8 Å². The number of amides is 1. The number of carbonyl (C=O) groups excluding carboxylic acids is 1. The van der Waals surface area contributed by atoms with Crippen LogP contribution in [0.5, 0.6) is 0 Å². The number of rotatable bonds is 4. The minimum Gasteiger partial charge on any atom is -0.389 e. The zero-order chi connectivity index (χ0) is 9.84. The second kappa shape index (κ2) is 4.83. The van der Waals surface area contributed by atoms with E-state index in [4.69, 9.17) is 10.8 Å². The summed E-state index contributed by atoms with van der Waals surface area (Å²) in [6, 6.07) is -0.389. The monoisotopic (exact) mass is 204 g/mol. The van der Waals surface area contributed by atoms with Crippen molar-refractivity contribution in [1.29, 1.82) is 0 Å². The van der Waals surface area contributed by atoms with Crippen LogP contribution in [-0.4, -0.2) is 53.2 Å². The second-order valence-corrected chi connectivity index (χ2v) is 4.27. The molecule has 1 saturated heterocycles. The molecular formula is C8H16N2O2S. The maximum Gasteiger partial charge on any atom is 0.239 e. The summed E-state index contributed by atoms with van der Waals surface area (Å²) in [6.07, 6.45) is 2.37. The normalized spacial score (nSPS) is 19.8. The van der Waals surface area contributed by atoms with Gasteiger partial charge in [-0.05, 0) is 18.4 Å². The summed E-state index contributed by atoms with van der Waals surface area (Å²) < 4.78 is 0. The first kappa shape index (κ1) is 10.8. The molecule has 5 heteroatoms. The first-order chi connectivity index (χ1) is 6.15. The maximum absolute atomic E-state index is 11.5. The number of nitrogens with two attached hydrogens (primary N) is 1. The number of aliphatic hydroxyl groups excluding tert-OH is 1. The number of nitrogens with zero attached hydrogens (tertiary/aromatic N) is 1. The fourth-order valence-electron chi connectivity index (χ4n) is 1.24. The van der Waals surface area contributed by atoms with Gasteiger partial charge in [-0.1, -0.05) is 0 Å². The number of hydrogen-bond acceptors (Lipinski definition) is 4. The number of likely N-dealkylation sites (tertiary alicyclic amines) is 1. The Balaban J connectivity index is 2.22. The van der Waals surface area contributed by atoms with E-state index in [-0.39, 0.29) is 18.1 Å². The van der Waals surface area contributed by atoms with E-state index in [1.54, 1.807) is 16.7 Å². The van der Waals surface area contributed by atoms with E-state index in [2.05, 4.69) is 0 Å². The quantitative estimate of drug-likeness (QED) is 0.633. The molecule has 0 aromatic rings. The first-order valence-electron chi connectivity index (χ1n) is 4.36. The van der Waals surface area contributed by atoms with Crippen molar-refractivity contribution in [3.8, 4) is 0 Å². The standard InChI is InChI=1S/C8H16N2O2S/c1-13-3-2-7(9)8(12)10-4-6(11)5-10/h6-7,11H,2-5,9H2,1H3/t7-/m0/s1. The third-order valence-corrected chi connectivity index (χ3v) is 2.77. The van der Waals surface area contributed by atoms with Gasteiger partial charge in [-0.15, -0.1) is 0 Å². The predicted octanol–water partition coefficient (Wildman–Crippen LogP) is -0.730. The predicted molar refractivity (Wildman–Crippen MR) is 53.6 cm³/mol. The van der Waals surface area contributed by atoms with E-state index in [1.165, 1.54) is 0 Å². The first-order valence-corrected chi connectivity index (χ1v) is 5.76. The van der Waals surface area contributed by atoms with Crippen molar-refractivity contribution in [2.75, 3.05) is 25.1 Å². The van der Waals surface area contributed by atoms with Gasteiger partial charge in [0.05, 0.1) is 12.1 Å². The second-order valence-electron chi connectivity index (χ2n) is 3.29. The molecule has 0 unspecified atom stereocenters. The van der Waals surface area contributed by atoms with E-state index in [0.717, 1.165) is 5.75 Å². The van der Waals surface area contributed by atoms with Crippen molar-refractivity contribution >= 4 is 17.7 Å². The van der Waals surface area contributed by atoms with Crippen molar-refractivity contribution in [1.82, 2.24) is 4.90 Å². The molecule has 1 amide bonds. The molecule has 1 aliphatic rings. The highest BCUT2D eigenvalue weighted by molar-refractivity contribution is 7.98. The number of thioether (sulfide) groups is 1. The highest BCUT2D eigenvalue weighted by Crippen LogP contribution is 2.10. The van der Waals surface area contributed by atoms with Gasteiger partial charge in [0.1, 0.15) is 0 Å². The van der Waals surface area contributed by atoms with Gasteiger partial charge >= 0.3 is 0 Å². The summed E-state index contributed by atoms with van der Waals surface area (Å²) in [5.74, 6) is 0.878.